The Labute approximate surface area is 101 Å². The average molecular weight is 231 g/mol. The Kier molecular flexibility index (Phi) is 3.13. The van der Waals surface area contributed by atoms with Crippen LogP contribution in [0.1, 0.15) is 19.4 Å². The first kappa shape index (κ1) is 11.6. The standard InChI is InChI=1S/C13H17N3O/c1-9(2)15-13(17)7-10-4-5-12-11(6-10)14-8-16(12)3/h4-6,8-9H,7H2,1-3H3,(H,15,17). The fourth-order valence-electron chi connectivity index (χ4n) is 1.85. The molecule has 0 fully saturated rings. The van der Waals surface area contributed by atoms with E-state index >= 15 is 0 Å². The molecule has 0 unspecified atom stereocenters. The third-order valence-corrected chi connectivity index (χ3v) is 2.60. The summed E-state index contributed by atoms with van der Waals surface area (Å²) < 4.78 is 1.97. The molecular weight excluding hydrogens is 214 g/mol. The number of amides is 1. The van der Waals surface area contributed by atoms with Gasteiger partial charge in [0.25, 0.3) is 0 Å². The molecule has 4 heteroatoms. The first-order chi connectivity index (χ1) is 8.06. The maximum Gasteiger partial charge on any atom is 0.224 e. The predicted octanol–water partition coefficient (Wildman–Crippen LogP) is 1.64. The summed E-state index contributed by atoms with van der Waals surface area (Å²) in [6.07, 6.45) is 2.19. The lowest BCUT2D eigenvalue weighted by molar-refractivity contribution is -0.120. The Morgan fingerprint density at radius 3 is 2.94 bits per heavy atom. The minimum absolute atomic E-state index is 0.0512. The van der Waals surface area contributed by atoms with Crippen molar-refractivity contribution in [1.29, 1.82) is 0 Å². The van der Waals surface area contributed by atoms with E-state index in [-0.39, 0.29) is 11.9 Å². The maximum atomic E-state index is 11.6. The summed E-state index contributed by atoms with van der Waals surface area (Å²) >= 11 is 0. The molecule has 0 saturated carbocycles. The molecule has 4 nitrogen and oxygen atoms in total. The fraction of sp³-hybridized carbons (Fsp3) is 0.385. The van der Waals surface area contributed by atoms with Crippen LogP contribution in [-0.2, 0) is 18.3 Å². The summed E-state index contributed by atoms with van der Waals surface area (Å²) in [4.78, 5) is 15.9. The molecule has 0 aliphatic rings. The number of hydrogen-bond donors (Lipinski definition) is 1. The van der Waals surface area contributed by atoms with Crippen LogP contribution in [-0.4, -0.2) is 21.5 Å². The van der Waals surface area contributed by atoms with Gasteiger partial charge in [-0.05, 0) is 31.5 Å². The number of aromatic nitrogens is 2. The molecule has 1 amide bonds. The molecule has 1 heterocycles. The van der Waals surface area contributed by atoms with Crippen LogP contribution in [0.25, 0.3) is 11.0 Å². The molecule has 17 heavy (non-hydrogen) atoms. The van der Waals surface area contributed by atoms with Crippen molar-refractivity contribution in [2.45, 2.75) is 26.3 Å². The largest absolute Gasteiger partial charge is 0.354 e. The number of rotatable bonds is 3. The van der Waals surface area contributed by atoms with Crippen LogP contribution in [0.5, 0.6) is 0 Å². The van der Waals surface area contributed by atoms with Gasteiger partial charge in [-0.15, -0.1) is 0 Å². The van der Waals surface area contributed by atoms with Gasteiger partial charge in [0.05, 0.1) is 23.8 Å². The lowest BCUT2D eigenvalue weighted by Gasteiger charge is -2.08. The molecule has 0 aliphatic carbocycles. The topological polar surface area (TPSA) is 46.9 Å². The van der Waals surface area contributed by atoms with Crippen molar-refractivity contribution in [2.75, 3.05) is 0 Å². The number of nitrogens with one attached hydrogen (secondary N) is 1. The Bertz CT molecular complexity index is 543. The highest BCUT2D eigenvalue weighted by Gasteiger charge is 2.06. The van der Waals surface area contributed by atoms with E-state index in [1.54, 1.807) is 6.33 Å². The van der Waals surface area contributed by atoms with E-state index in [2.05, 4.69) is 10.3 Å². The third-order valence-electron chi connectivity index (χ3n) is 2.60. The van der Waals surface area contributed by atoms with Gasteiger partial charge in [-0.1, -0.05) is 6.07 Å². The van der Waals surface area contributed by atoms with E-state index in [0.29, 0.717) is 6.42 Å². The molecule has 2 aromatic rings. The quantitative estimate of drug-likeness (QED) is 0.873. The van der Waals surface area contributed by atoms with Gasteiger partial charge in [-0.3, -0.25) is 4.79 Å². The highest BCUT2D eigenvalue weighted by molar-refractivity contribution is 5.81. The second kappa shape index (κ2) is 4.57. The summed E-state index contributed by atoms with van der Waals surface area (Å²) in [7, 11) is 1.96. The average Bonchev–Trinajstić information content (AvgIpc) is 2.58. The van der Waals surface area contributed by atoms with Gasteiger partial charge in [0.15, 0.2) is 0 Å². The van der Waals surface area contributed by atoms with Crippen LogP contribution in [0, 0.1) is 0 Å². The number of fused-ring (bicyclic) bond motifs is 1. The van der Waals surface area contributed by atoms with Gasteiger partial charge < -0.3 is 9.88 Å². The van der Waals surface area contributed by atoms with Crippen LogP contribution >= 0.6 is 0 Å². The number of aryl methyl sites for hydroxylation is 1. The first-order valence-corrected chi connectivity index (χ1v) is 5.75. The molecule has 0 bridgehead atoms. The predicted molar refractivity (Wildman–Crippen MR) is 67.7 cm³/mol. The zero-order valence-electron chi connectivity index (χ0n) is 10.4. The summed E-state index contributed by atoms with van der Waals surface area (Å²) in [6.45, 7) is 3.92. The minimum Gasteiger partial charge on any atom is -0.354 e. The zero-order valence-corrected chi connectivity index (χ0v) is 10.4. The van der Waals surface area contributed by atoms with Gasteiger partial charge in [-0.2, -0.15) is 0 Å². The van der Waals surface area contributed by atoms with Gasteiger partial charge in [0.2, 0.25) is 5.91 Å². The number of carbonyl (C=O) groups excluding carboxylic acids is 1. The zero-order chi connectivity index (χ0) is 12.4. The van der Waals surface area contributed by atoms with Crippen molar-refractivity contribution in [1.82, 2.24) is 14.9 Å². The van der Waals surface area contributed by atoms with Crippen molar-refractivity contribution in [3.63, 3.8) is 0 Å². The second-order valence-electron chi connectivity index (χ2n) is 4.58. The van der Waals surface area contributed by atoms with E-state index in [1.165, 1.54) is 0 Å². The number of carbonyl (C=O) groups is 1. The molecule has 90 valence electrons. The van der Waals surface area contributed by atoms with Gasteiger partial charge in [-0.25, -0.2) is 4.98 Å². The molecule has 2 rings (SSSR count). The van der Waals surface area contributed by atoms with Crippen LogP contribution in [0.2, 0.25) is 0 Å². The van der Waals surface area contributed by atoms with Gasteiger partial charge >= 0.3 is 0 Å². The van der Waals surface area contributed by atoms with E-state index in [0.717, 1.165) is 16.6 Å². The van der Waals surface area contributed by atoms with Crippen molar-refractivity contribution in [3.8, 4) is 0 Å². The molecule has 1 N–H and O–H groups in total. The molecule has 1 aromatic heterocycles. The number of benzene rings is 1. The lowest BCUT2D eigenvalue weighted by atomic mass is 10.1. The molecule has 0 spiro atoms. The van der Waals surface area contributed by atoms with Crippen molar-refractivity contribution in [2.24, 2.45) is 7.05 Å². The minimum atomic E-state index is 0.0512. The Hall–Kier alpha value is -1.84. The van der Waals surface area contributed by atoms with Gasteiger partial charge in [0, 0.05) is 13.1 Å². The monoisotopic (exact) mass is 231 g/mol. The number of imidazole rings is 1. The van der Waals surface area contributed by atoms with E-state index in [9.17, 15) is 4.79 Å². The normalized spacial score (nSPS) is 11.1. The van der Waals surface area contributed by atoms with Crippen molar-refractivity contribution in [3.05, 3.63) is 30.1 Å². The van der Waals surface area contributed by atoms with Gasteiger partial charge in [0.1, 0.15) is 0 Å². The number of hydrogen-bond acceptors (Lipinski definition) is 2. The smallest absolute Gasteiger partial charge is 0.224 e. The highest BCUT2D eigenvalue weighted by atomic mass is 16.1. The van der Waals surface area contributed by atoms with E-state index in [4.69, 9.17) is 0 Å². The summed E-state index contributed by atoms with van der Waals surface area (Å²) in [6, 6.07) is 6.13. The number of nitrogens with zero attached hydrogens (tertiary/aromatic N) is 2. The van der Waals surface area contributed by atoms with Crippen LogP contribution < -0.4 is 5.32 Å². The molecule has 0 atom stereocenters. The van der Waals surface area contributed by atoms with Crippen LogP contribution in [0.3, 0.4) is 0 Å². The highest BCUT2D eigenvalue weighted by Crippen LogP contribution is 2.14. The third kappa shape index (κ3) is 2.64. The lowest BCUT2D eigenvalue weighted by Crippen LogP contribution is -2.31. The molecular formula is C13H17N3O. The summed E-state index contributed by atoms with van der Waals surface area (Å²) in [5.41, 5.74) is 3.01. The van der Waals surface area contributed by atoms with Crippen molar-refractivity contribution < 1.29 is 4.79 Å². The molecule has 1 aromatic carbocycles. The molecule has 0 saturated heterocycles. The van der Waals surface area contributed by atoms with Crippen LogP contribution in [0.15, 0.2) is 24.5 Å². The Morgan fingerprint density at radius 1 is 1.47 bits per heavy atom. The van der Waals surface area contributed by atoms with E-state index in [1.807, 2.05) is 43.7 Å². The first-order valence-electron chi connectivity index (χ1n) is 5.75. The molecule has 0 radical (unpaired) electrons. The maximum absolute atomic E-state index is 11.6. The Balaban J connectivity index is 2.17. The summed E-state index contributed by atoms with van der Waals surface area (Å²) in [5, 5.41) is 2.88. The Morgan fingerprint density at radius 2 is 2.24 bits per heavy atom. The molecule has 0 aliphatic heterocycles. The van der Waals surface area contributed by atoms with Crippen molar-refractivity contribution >= 4 is 16.9 Å². The van der Waals surface area contributed by atoms with Crippen LogP contribution in [0.4, 0.5) is 0 Å². The summed E-state index contributed by atoms with van der Waals surface area (Å²) in [5.74, 6) is 0.0512. The van der Waals surface area contributed by atoms with E-state index < -0.39 is 0 Å². The second-order valence-corrected chi connectivity index (χ2v) is 4.58. The SMILES string of the molecule is CC(C)NC(=O)Cc1ccc2c(c1)ncn2C. The fourth-order valence-corrected chi connectivity index (χ4v) is 1.85.